The van der Waals surface area contributed by atoms with Gasteiger partial charge in [-0.2, -0.15) is 5.10 Å². The van der Waals surface area contributed by atoms with E-state index in [2.05, 4.69) is 46.5 Å². The van der Waals surface area contributed by atoms with Crippen LogP contribution in [0.1, 0.15) is 17.3 Å². The molecule has 31 heavy (non-hydrogen) atoms. The highest BCUT2D eigenvalue weighted by molar-refractivity contribution is 5.71. The van der Waals surface area contributed by atoms with Gasteiger partial charge in [0.2, 0.25) is 0 Å². The Labute approximate surface area is 179 Å². The Hall–Kier alpha value is -4.12. The van der Waals surface area contributed by atoms with Crippen LogP contribution in [0.15, 0.2) is 103 Å². The molecule has 1 atom stereocenters. The summed E-state index contributed by atoms with van der Waals surface area (Å²) in [4.78, 5) is 0. The first-order valence-electron chi connectivity index (χ1n) is 10.2. The molecule has 1 aliphatic rings. The number of benzene rings is 3. The van der Waals surface area contributed by atoms with Gasteiger partial charge in [-0.3, -0.25) is 0 Å². The lowest BCUT2D eigenvalue weighted by Gasteiger charge is -2.29. The van der Waals surface area contributed by atoms with Gasteiger partial charge in [-0.05, 0) is 60.7 Å². The molecule has 4 nitrogen and oxygen atoms in total. The Kier molecular flexibility index (Phi) is 3.99. The molecular weight excluding hydrogens is 387 g/mol. The molecule has 0 amide bonds. The monoisotopic (exact) mass is 406 g/mol. The molecular formula is C26H19FN4. The van der Waals surface area contributed by atoms with Crippen LogP contribution in [0.3, 0.4) is 0 Å². The first-order chi connectivity index (χ1) is 15.3. The number of hydrogen-bond donors (Lipinski definition) is 1. The van der Waals surface area contributed by atoms with Gasteiger partial charge in [-0.25, -0.2) is 9.07 Å². The van der Waals surface area contributed by atoms with E-state index in [0.717, 1.165) is 39.6 Å². The molecule has 5 aromatic rings. The van der Waals surface area contributed by atoms with Gasteiger partial charge in [0.25, 0.3) is 0 Å². The van der Waals surface area contributed by atoms with Gasteiger partial charge in [0.15, 0.2) is 0 Å². The fourth-order valence-corrected chi connectivity index (χ4v) is 4.26. The van der Waals surface area contributed by atoms with Gasteiger partial charge in [0.1, 0.15) is 5.82 Å². The first-order valence-corrected chi connectivity index (χ1v) is 10.2. The van der Waals surface area contributed by atoms with Crippen LogP contribution < -0.4 is 5.32 Å². The molecule has 0 saturated carbocycles. The fraction of sp³-hybridized carbons (Fsp3) is 0.0385. The molecule has 2 aromatic heterocycles. The average molecular weight is 406 g/mol. The molecule has 150 valence electrons. The van der Waals surface area contributed by atoms with Gasteiger partial charge in [-0.15, -0.1) is 0 Å². The molecule has 3 aromatic carbocycles. The predicted molar refractivity (Wildman–Crippen MR) is 120 cm³/mol. The van der Waals surface area contributed by atoms with Crippen LogP contribution in [-0.2, 0) is 0 Å². The standard InChI is InChI=1S/C26H19FN4/c27-19-14-12-18(13-15-19)25-21(17-31(29-25)20-7-2-1-3-8-20)26-24-11-6-16-30(24)23-10-5-4-9-22(23)28-26/h1-17,26,28H. The summed E-state index contributed by atoms with van der Waals surface area (Å²) in [5, 5.41) is 8.61. The number of nitrogens with one attached hydrogen (secondary N) is 1. The number of halogens is 1. The Balaban J connectivity index is 1.55. The van der Waals surface area contributed by atoms with Crippen molar-refractivity contribution in [2.24, 2.45) is 0 Å². The van der Waals surface area contributed by atoms with E-state index in [1.54, 1.807) is 12.1 Å². The summed E-state index contributed by atoms with van der Waals surface area (Å²) in [7, 11) is 0. The third kappa shape index (κ3) is 2.94. The summed E-state index contributed by atoms with van der Waals surface area (Å²) >= 11 is 0. The summed E-state index contributed by atoms with van der Waals surface area (Å²) in [6, 6.07) is 28.9. The van der Waals surface area contributed by atoms with Crippen molar-refractivity contribution in [3.8, 4) is 22.6 Å². The highest BCUT2D eigenvalue weighted by Crippen LogP contribution is 2.40. The lowest BCUT2D eigenvalue weighted by Crippen LogP contribution is -2.22. The van der Waals surface area contributed by atoms with Crippen LogP contribution in [-0.4, -0.2) is 14.3 Å². The van der Waals surface area contributed by atoms with Crippen molar-refractivity contribution in [3.05, 3.63) is 120 Å². The van der Waals surface area contributed by atoms with Crippen molar-refractivity contribution in [1.29, 1.82) is 0 Å². The number of fused-ring (bicyclic) bond motifs is 3. The minimum Gasteiger partial charge on any atom is -0.371 e. The van der Waals surface area contributed by atoms with Crippen LogP contribution >= 0.6 is 0 Å². The SMILES string of the molecule is Fc1ccc(-c2nn(-c3ccccc3)cc2C2Nc3ccccc3-n3cccc32)cc1. The highest BCUT2D eigenvalue weighted by atomic mass is 19.1. The highest BCUT2D eigenvalue weighted by Gasteiger charge is 2.29. The maximum absolute atomic E-state index is 13.6. The van der Waals surface area contributed by atoms with Crippen molar-refractivity contribution >= 4 is 5.69 Å². The predicted octanol–water partition coefficient (Wildman–Crippen LogP) is 5.98. The number of hydrogen-bond acceptors (Lipinski definition) is 2. The van der Waals surface area contributed by atoms with Gasteiger partial charge < -0.3 is 9.88 Å². The third-order valence-corrected chi connectivity index (χ3v) is 5.73. The minimum atomic E-state index is -0.258. The largest absolute Gasteiger partial charge is 0.371 e. The smallest absolute Gasteiger partial charge is 0.123 e. The second-order valence-electron chi connectivity index (χ2n) is 7.62. The number of para-hydroxylation sites is 3. The number of nitrogens with zero attached hydrogens (tertiary/aromatic N) is 3. The zero-order valence-corrected chi connectivity index (χ0v) is 16.6. The molecule has 0 spiro atoms. The van der Waals surface area contributed by atoms with Crippen molar-refractivity contribution in [1.82, 2.24) is 14.3 Å². The molecule has 1 aliphatic heterocycles. The Morgan fingerprint density at radius 2 is 1.58 bits per heavy atom. The van der Waals surface area contributed by atoms with E-state index < -0.39 is 0 Å². The second kappa shape index (κ2) is 6.99. The van der Waals surface area contributed by atoms with Gasteiger partial charge >= 0.3 is 0 Å². The quantitative estimate of drug-likeness (QED) is 0.400. The van der Waals surface area contributed by atoms with Crippen molar-refractivity contribution in [3.63, 3.8) is 0 Å². The van der Waals surface area contributed by atoms with Crippen LogP contribution in [0.5, 0.6) is 0 Å². The van der Waals surface area contributed by atoms with Crippen LogP contribution in [0.25, 0.3) is 22.6 Å². The summed E-state index contributed by atoms with van der Waals surface area (Å²) in [6.45, 7) is 0. The summed E-state index contributed by atoms with van der Waals surface area (Å²) in [5.41, 5.74) is 7.04. The fourth-order valence-electron chi connectivity index (χ4n) is 4.26. The second-order valence-corrected chi connectivity index (χ2v) is 7.62. The van der Waals surface area contributed by atoms with Crippen molar-refractivity contribution < 1.29 is 4.39 Å². The molecule has 0 saturated heterocycles. The molecule has 0 radical (unpaired) electrons. The lowest BCUT2D eigenvalue weighted by molar-refractivity contribution is 0.628. The first kappa shape index (κ1) is 17.7. The maximum Gasteiger partial charge on any atom is 0.123 e. The zero-order chi connectivity index (χ0) is 20.8. The molecule has 1 unspecified atom stereocenters. The van der Waals surface area contributed by atoms with Crippen LogP contribution in [0, 0.1) is 5.82 Å². The molecule has 0 fully saturated rings. The minimum absolute atomic E-state index is 0.0950. The Morgan fingerprint density at radius 1 is 0.806 bits per heavy atom. The molecule has 1 N–H and O–H groups in total. The van der Waals surface area contributed by atoms with Crippen molar-refractivity contribution in [2.75, 3.05) is 5.32 Å². The molecule has 6 rings (SSSR count). The van der Waals surface area contributed by atoms with E-state index in [-0.39, 0.29) is 11.9 Å². The van der Waals surface area contributed by atoms with Gasteiger partial charge in [0, 0.05) is 29.2 Å². The van der Waals surface area contributed by atoms with E-state index in [4.69, 9.17) is 5.10 Å². The molecule has 5 heteroatoms. The molecule has 3 heterocycles. The summed E-state index contributed by atoms with van der Waals surface area (Å²) < 4.78 is 17.7. The van der Waals surface area contributed by atoms with E-state index in [9.17, 15) is 4.39 Å². The maximum atomic E-state index is 13.6. The van der Waals surface area contributed by atoms with Gasteiger partial charge in [0.05, 0.1) is 28.8 Å². The molecule has 0 aliphatic carbocycles. The third-order valence-electron chi connectivity index (χ3n) is 5.73. The Morgan fingerprint density at radius 3 is 2.42 bits per heavy atom. The number of aromatic nitrogens is 3. The van der Waals surface area contributed by atoms with Crippen molar-refractivity contribution in [2.45, 2.75) is 6.04 Å². The van der Waals surface area contributed by atoms with E-state index in [0.29, 0.717) is 0 Å². The van der Waals surface area contributed by atoms with E-state index >= 15 is 0 Å². The summed E-state index contributed by atoms with van der Waals surface area (Å²) in [6.07, 6.45) is 4.15. The number of anilines is 1. The van der Waals surface area contributed by atoms with Gasteiger partial charge in [-0.1, -0.05) is 30.3 Å². The number of rotatable bonds is 3. The zero-order valence-electron chi connectivity index (χ0n) is 16.6. The van der Waals surface area contributed by atoms with E-state index in [1.165, 1.54) is 12.1 Å². The topological polar surface area (TPSA) is 34.8 Å². The van der Waals surface area contributed by atoms with Crippen LogP contribution in [0.4, 0.5) is 10.1 Å². The lowest BCUT2D eigenvalue weighted by atomic mass is 9.98. The van der Waals surface area contributed by atoms with E-state index in [1.807, 2.05) is 47.1 Å². The normalized spacial score (nSPS) is 14.5. The Bertz CT molecular complexity index is 1370. The average Bonchev–Trinajstić information content (AvgIpc) is 3.48. The molecule has 0 bridgehead atoms. The van der Waals surface area contributed by atoms with Crippen LogP contribution in [0.2, 0.25) is 0 Å². The summed E-state index contributed by atoms with van der Waals surface area (Å²) in [5.74, 6) is -0.258.